The highest BCUT2D eigenvalue weighted by atomic mass is 79.9. The van der Waals surface area contributed by atoms with Crippen LogP contribution in [0.1, 0.15) is 5.56 Å². The number of carbonyl (C=O) groups excluding carboxylic acids is 1. The van der Waals surface area contributed by atoms with E-state index >= 15 is 0 Å². The molecule has 0 aliphatic heterocycles. The molecule has 122 valence electrons. The highest BCUT2D eigenvalue weighted by molar-refractivity contribution is 9.10. The molecular formula is C16H13BrClN5O. The number of aromatic nitrogens is 4. The Kier molecular flexibility index (Phi) is 4.92. The molecule has 0 unspecified atom stereocenters. The zero-order chi connectivity index (χ0) is 17.1. The second kappa shape index (κ2) is 7.11. The molecule has 8 heteroatoms. The van der Waals surface area contributed by atoms with Crippen molar-refractivity contribution in [3.63, 3.8) is 0 Å². The Labute approximate surface area is 152 Å². The van der Waals surface area contributed by atoms with E-state index in [4.69, 9.17) is 11.6 Å². The SMILES string of the molecule is Cc1cc(NC(=O)Cn2nnc(-c3cccc(Cl)c3)n2)ccc1Br. The molecule has 0 bridgehead atoms. The lowest BCUT2D eigenvalue weighted by Crippen LogP contribution is -2.20. The minimum atomic E-state index is -0.230. The molecule has 0 atom stereocenters. The monoisotopic (exact) mass is 405 g/mol. The molecule has 6 nitrogen and oxygen atoms in total. The van der Waals surface area contributed by atoms with Crippen LogP contribution >= 0.6 is 27.5 Å². The zero-order valence-corrected chi connectivity index (χ0v) is 15.0. The Bertz CT molecular complexity index is 896. The molecular weight excluding hydrogens is 394 g/mol. The first-order valence-corrected chi connectivity index (χ1v) is 8.28. The summed E-state index contributed by atoms with van der Waals surface area (Å²) in [5, 5.41) is 15.4. The Morgan fingerprint density at radius 3 is 2.88 bits per heavy atom. The van der Waals surface area contributed by atoms with Crippen molar-refractivity contribution in [2.75, 3.05) is 5.32 Å². The number of carbonyl (C=O) groups is 1. The standard InChI is InChI=1S/C16H13BrClN5O/c1-10-7-13(5-6-14(10)17)19-15(24)9-23-21-16(20-22-23)11-3-2-4-12(18)8-11/h2-8H,9H2,1H3,(H,19,24). The molecule has 0 aliphatic rings. The van der Waals surface area contributed by atoms with Crippen LogP contribution < -0.4 is 5.32 Å². The molecule has 1 aromatic heterocycles. The van der Waals surface area contributed by atoms with Crippen molar-refractivity contribution in [1.29, 1.82) is 0 Å². The fraction of sp³-hybridized carbons (Fsp3) is 0.125. The number of nitrogens with one attached hydrogen (secondary N) is 1. The van der Waals surface area contributed by atoms with E-state index in [1.54, 1.807) is 18.2 Å². The van der Waals surface area contributed by atoms with Gasteiger partial charge in [-0.15, -0.1) is 10.2 Å². The van der Waals surface area contributed by atoms with E-state index in [-0.39, 0.29) is 12.5 Å². The van der Waals surface area contributed by atoms with E-state index in [0.29, 0.717) is 10.8 Å². The molecule has 24 heavy (non-hydrogen) atoms. The van der Waals surface area contributed by atoms with E-state index in [9.17, 15) is 4.79 Å². The highest BCUT2D eigenvalue weighted by Crippen LogP contribution is 2.20. The van der Waals surface area contributed by atoms with Crippen LogP contribution in [-0.4, -0.2) is 26.1 Å². The molecule has 0 saturated heterocycles. The number of amides is 1. The minimum absolute atomic E-state index is 0.0251. The summed E-state index contributed by atoms with van der Waals surface area (Å²) in [6.07, 6.45) is 0. The number of rotatable bonds is 4. The van der Waals surface area contributed by atoms with Crippen molar-refractivity contribution >= 4 is 39.1 Å². The molecule has 0 radical (unpaired) electrons. The molecule has 0 spiro atoms. The molecule has 0 saturated carbocycles. The van der Waals surface area contributed by atoms with Gasteiger partial charge in [-0.2, -0.15) is 4.80 Å². The van der Waals surface area contributed by atoms with Gasteiger partial charge in [0.1, 0.15) is 6.54 Å². The van der Waals surface area contributed by atoms with Crippen LogP contribution in [-0.2, 0) is 11.3 Å². The predicted molar refractivity (Wildman–Crippen MR) is 95.8 cm³/mol. The van der Waals surface area contributed by atoms with Crippen molar-refractivity contribution in [1.82, 2.24) is 20.2 Å². The average Bonchev–Trinajstić information content (AvgIpc) is 2.99. The molecule has 0 aliphatic carbocycles. The number of hydrogen-bond donors (Lipinski definition) is 1. The lowest BCUT2D eigenvalue weighted by molar-refractivity contribution is -0.117. The summed E-state index contributed by atoms with van der Waals surface area (Å²) >= 11 is 9.37. The highest BCUT2D eigenvalue weighted by Gasteiger charge is 2.10. The normalized spacial score (nSPS) is 10.6. The van der Waals surface area contributed by atoms with Gasteiger partial charge in [0.2, 0.25) is 11.7 Å². The largest absolute Gasteiger partial charge is 0.324 e. The third-order valence-electron chi connectivity index (χ3n) is 3.26. The molecule has 1 heterocycles. The number of anilines is 1. The third-order valence-corrected chi connectivity index (χ3v) is 4.39. The second-order valence-electron chi connectivity index (χ2n) is 5.17. The topological polar surface area (TPSA) is 72.7 Å². The summed E-state index contributed by atoms with van der Waals surface area (Å²) in [5.41, 5.74) is 2.50. The van der Waals surface area contributed by atoms with E-state index in [2.05, 4.69) is 36.7 Å². The first-order chi connectivity index (χ1) is 11.5. The summed E-state index contributed by atoms with van der Waals surface area (Å²) in [5.74, 6) is 0.191. The van der Waals surface area contributed by atoms with Crippen LogP contribution in [0.3, 0.4) is 0 Å². The van der Waals surface area contributed by atoms with Crippen LogP contribution in [0, 0.1) is 6.92 Å². The van der Waals surface area contributed by atoms with Crippen LogP contribution in [0.4, 0.5) is 5.69 Å². The number of halogens is 2. The fourth-order valence-corrected chi connectivity index (χ4v) is 2.54. The smallest absolute Gasteiger partial charge is 0.248 e. The molecule has 3 rings (SSSR count). The Hall–Kier alpha value is -2.25. The summed E-state index contributed by atoms with van der Waals surface area (Å²) in [7, 11) is 0. The van der Waals surface area contributed by atoms with E-state index in [1.165, 1.54) is 4.80 Å². The van der Waals surface area contributed by atoms with Crippen LogP contribution in [0.5, 0.6) is 0 Å². The number of tetrazole rings is 1. The Morgan fingerprint density at radius 1 is 1.29 bits per heavy atom. The fourth-order valence-electron chi connectivity index (χ4n) is 2.10. The van der Waals surface area contributed by atoms with Crippen molar-refractivity contribution in [3.8, 4) is 11.4 Å². The summed E-state index contributed by atoms with van der Waals surface area (Å²) in [4.78, 5) is 13.4. The van der Waals surface area contributed by atoms with Gasteiger partial charge in [0.05, 0.1) is 0 Å². The van der Waals surface area contributed by atoms with Crippen molar-refractivity contribution in [2.45, 2.75) is 13.5 Å². The molecule has 1 N–H and O–H groups in total. The van der Waals surface area contributed by atoms with Gasteiger partial charge in [0, 0.05) is 20.7 Å². The number of benzene rings is 2. The first kappa shape index (κ1) is 16.6. The van der Waals surface area contributed by atoms with E-state index in [0.717, 1.165) is 21.3 Å². The first-order valence-electron chi connectivity index (χ1n) is 7.11. The zero-order valence-electron chi connectivity index (χ0n) is 12.7. The summed E-state index contributed by atoms with van der Waals surface area (Å²) < 4.78 is 0.990. The third kappa shape index (κ3) is 3.98. The molecule has 2 aromatic carbocycles. The summed E-state index contributed by atoms with van der Waals surface area (Å²) in [6.45, 7) is 1.93. The molecule has 1 amide bonds. The van der Waals surface area contributed by atoms with Gasteiger partial charge >= 0.3 is 0 Å². The van der Waals surface area contributed by atoms with E-state index < -0.39 is 0 Å². The lowest BCUT2D eigenvalue weighted by atomic mass is 10.2. The van der Waals surface area contributed by atoms with Crippen molar-refractivity contribution < 1.29 is 4.79 Å². The van der Waals surface area contributed by atoms with Crippen molar-refractivity contribution in [3.05, 3.63) is 57.5 Å². The maximum Gasteiger partial charge on any atom is 0.248 e. The Morgan fingerprint density at radius 2 is 2.12 bits per heavy atom. The number of nitrogens with zero attached hydrogens (tertiary/aromatic N) is 4. The second-order valence-corrected chi connectivity index (χ2v) is 6.46. The Balaban J connectivity index is 1.68. The lowest BCUT2D eigenvalue weighted by Gasteiger charge is -2.06. The van der Waals surface area contributed by atoms with Gasteiger partial charge in [0.15, 0.2) is 0 Å². The van der Waals surface area contributed by atoms with Gasteiger partial charge in [-0.1, -0.05) is 39.7 Å². The number of hydrogen-bond acceptors (Lipinski definition) is 4. The maximum atomic E-state index is 12.1. The molecule has 0 fully saturated rings. The van der Waals surface area contributed by atoms with Gasteiger partial charge in [-0.25, -0.2) is 0 Å². The van der Waals surface area contributed by atoms with E-state index in [1.807, 2.05) is 31.2 Å². The van der Waals surface area contributed by atoms with Gasteiger partial charge < -0.3 is 5.32 Å². The maximum absolute atomic E-state index is 12.1. The van der Waals surface area contributed by atoms with Crippen LogP contribution in [0.25, 0.3) is 11.4 Å². The van der Waals surface area contributed by atoms with Crippen LogP contribution in [0.15, 0.2) is 46.9 Å². The molecule has 3 aromatic rings. The van der Waals surface area contributed by atoms with Gasteiger partial charge in [-0.3, -0.25) is 4.79 Å². The van der Waals surface area contributed by atoms with Crippen molar-refractivity contribution in [2.24, 2.45) is 0 Å². The number of aryl methyl sites for hydroxylation is 1. The van der Waals surface area contributed by atoms with Gasteiger partial charge in [0.25, 0.3) is 0 Å². The van der Waals surface area contributed by atoms with Crippen LogP contribution in [0.2, 0.25) is 5.02 Å². The predicted octanol–water partition coefficient (Wildman–Crippen LogP) is 3.70. The summed E-state index contributed by atoms with van der Waals surface area (Å²) in [6, 6.07) is 12.7. The minimum Gasteiger partial charge on any atom is -0.324 e. The average molecular weight is 407 g/mol. The van der Waals surface area contributed by atoms with Gasteiger partial charge in [-0.05, 0) is 48.0 Å². The quantitative estimate of drug-likeness (QED) is 0.717.